The lowest BCUT2D eigenvalue weighted by Crippen LogP contribution is -2.41. The van der Waals surface area contributed by atoms with Crippen LogP contribution in [0.3, 0.4) is 0 Å². The summed E-state index contributed by atoms with van der Waals surface area (Å²) in [5.41, 5.74) is 0.805. The van der Waals surface area contributed by atoms with E-state index in [9.17, 15) is 14.0 Å². The van der Waals surface area contributed by atoms with Crippen LogP contribution in [0.1, 0.15) is 43.6 Å². The largest absolute Gasteiger partial charge is 0.483 e. The number of rotatable bonds is 2. The zero-order chi connectivity index (χ0) is 20.3. The molecule has 1 aromatic heterocycles. The van der Waals surface area contributed by atoms with Crippen molar-refractivity contribution in [1.29, 1.82) is 0 Å². The number of halogens is 1. The molecule has 29 heavy (non-hydrogen) atoms. The predicted octanol–water partition coefficient (Wildman–Crippen LogP) is 3.87. The fraction of sp³-hybridized carbons (Fsp3) is 0.409. The number of carbonyl (C=O) groups excluding carboxylic acids is 2. The molecule has 5 rings (SSSR count). The van der Waals surface area contributed by atoms with E-state index in [1.165, 1.54) is 17.0 Å². The van der Waals surface area contributed by atoms with Gasteiger partial charge in [-0.2, -0.15) is 0 Å². The summed E-state index contributed by atoms with van der Waals surface area (Å²) in [6.07, 6.45) is 2.15. The molecule has 0 spiro atoms. The summed E-state index contributed by atoms with van der Waals surface area (Å²) in [5, 5.41) is 3.97. The fourth-order valence-corrected chi connectivity index (χ4v) is 4.77. The van der Waals surface area contributed by atoms with Gasteiger partial charge < -0.3 is 9.26 Å². The quantitative estimate of drug-likeness (QED) is 0.771. The number of hydrogen-bond donors (Lipinski definition) is 0. The molecule has 0 N–H and O–H groups in total. The number of nitrogens with zero attached hydrogens (tertiary/aromatic N) is 2. The lowest BCUT2D eigenvalue weighted by molar-refractivity contribution is -0.132. The van der Waals surface area contributed by atoms with Gasteiger partial charge in [0.2, 0.25) is 0 Å². The number of Topliss-reactive ketones (excluding diaryl/α,β-unsaturated/α-hetero) is 1. The summed E-state index contributed by atoms with van der Waals surface area (Å²) < 4.78 is 25.3. The maximum Gasteiger partial charge on any atom is 0.295 e. The van der Waals surface area contributed by atoms with Crippen LogP contribution in [0.5, 0.6) is 0 Å². The first-order valence-corrected chi connectivity index (χ1v) is 9.91. The maximum atomic E-state index is 14.0. The number of aromatic nitrogens is 1. The van der Waals surface area contributed by atoms with E-state index in [1.54, 1.807) is 25.1 Å². The number of fused-ring (bicyclic) bond motifs is 1. The molecule has 3 heterocycles. The average molecular weight is 396 g/mol. The second-order valence-electron chi connectivity index (χ2n) is 8.22. The zero-order valence-electron chi connectivity index (χ0n) is 16.2. The number of ether oxygens (including phenoxy) is 1. The van der Waals surface area contributed by atoms with E-state index >= 15 is 0 Å². The number of hydrogen-bond acceptors (Lipinski definition) is 5. The van der Waals surface area contributed by atoms with Gasteiger partial charge in [-0.3, -0.25) is 14.5 Å². The Balaban J connectivity index is 1.65. The van der Waals surface area contributed by atoms with Crippen molar-refractivity contribution in [2.45, 2.75) is 45.3 Å². The van der Waals surface area contributed by atoms with Crippen LogP contribution in [0.15, 0.2) is 46.2 Å². The summed E-state index contributed by atoms with van der Waals surface area (Å²) in [4.78, 5) is 28.2. The van der Waals surface area contributed by atoms with E-state index in [4.69, 9.17) is 9.26 Å². The SMILES string of the molecule is Cc1cc(N2C(=O)C3=C(C(=O)C4CC(C)CCC4O3)C2c2cccc(F)c2)no1. The van der Waals surface area contributed by atoms with Crippen LogP contribution in [0.4, 0.5) is 10.2 Å². The zero-order valence-corrected chi connectivity index (χ0v) is 16.2. The topological polar surface area (TPSA) is 72.6 Å². The summed E-state index contributed by atoms with van der Waals surface area (Å²) in [7, 11) is 0. The molecule has 7 heteroatoms. The normalized spacial score (nSPS) is 29.0. The van der Waals surface area contributed by atoms with Gasteiger partial charge in [-0.05, 0) is 49.8 Å². The second-order valence-corrected chi connectivity index (χ2v) is 8.22. The van der Waals surface area contributed by atoms with Crippen molar-refractivity contribution in [1.82, 2.24) is 5.16 Å². The molecular weight excluding hydrogens is 375 g/mol. The number of ketones is 1. The van der Waals surface area contributed by atoms with E-state index in [1.807, 2.05) is 0 Å². The van der Waals surface area contributed by atoms with Crippen LogP contribution in [-0.4, -0.2) is 23.0 Å². The van der Waals surface area contributed by atoms with Gasteiger partial charge in [0.05, 0.1) is 17.5 Å². The first-order chi connectivity index (χ1) is 13.9. The molecule has 1 fully saturated rings. The van der Waals surface area contributed by atoms with Gasteiger partial charge in [0, 0.05) is 6.07 Å². The third-order valence-electron chi connectivity index (χ3n) is 6.14. The molecular formula is C22H21FN2O4. The molecule has 0 radical (unpaired) electrons. The highest BCUT2D eigenvalue weighted by Gasteiger charge is 2.53. The highest BCUT2D eigenvalue weighted by Crippen LogP contribution is 2.48. The van der Waals surface area contributed by atoms with Crippen molar-refractivity contribution in [3.63, 3.8) is 0 Å². The van der Waals surface area contributed by atoms with Crippen LogP contribution >= 0.6 is 0 Å². The molecule has 3 aliphatic rings. The Morgan fingerprint density at radius 3 is 2.76 bits per heavy atom. The monoisotopic (exact) mass is 396 g/mol. The number of carbonyl (C=O) groups is 2. The Labute approximate surface area is 167 Å². The Hall–Kier alpha value is -2.96. The first kappa shape index (κ1) is 18.1. The molecule has 1 aliphatic carbocycles. The lowest BCUT2D eigenvalue weighted by Gasteiger charge is -2.37. The summed E-state index contributed by atoms with van der Waals surface area (Å²) in [6, 6.07) is 6.79. The third-order valence-corrected chi connectivity index (χ3v) is 6.14. The molecule has 150 valence electrons. The Kier molecular flexibility index (Phi) is 4.08. The number of benzene rings is 1. The van der Waals surface area contributed by atoms with Crippen molar-refractivity contribution in [3.05, 3.63) is 58.8 Å². The van der Waals surface area contributed by atoms with Crippen molar-refractivity contribution >= 4 is 17.5 Å². The molecule has 1 saturated carbocycles. The smallest absolute Gasteiger partial charge is 0.295 e. The Morgan fingerprint density at radius 1 is 1.21 bits per heavy atom. The number of amides is 1. The number of aryl methyl sites for hydroxylation is 1. The Morgan fingerprint density at radius 2 is 2.03 bits per heavy atom. The molecule has 1 amide bonds. The molecule has 0 bridgehead atoms. The van der Waals surface area contributed by atoms with Gasteiger partial charge in [0.1, 0.15) is 17.7 Å². The van der Waals surface area contributed by atoms with Gasteiger partial charge in [-0.1, -0.05) is 24.2 Å². The summed E-state index contributed by atoms with van der Waals surface area (Å²) in [5.74, 6) is 0.0788. The number of anilines is 1. The second kappa shape index (κ2) is 6.54. The van der Waals surface area contributed by atoms with E-state index in [0.29, 0.717) is 22.8 Å². The molecule has 2 aromatic rings. The summed E-state index contributed by atoms with van der Waals surface area (Å²) >= 11 is 0. The van der Waals surface area contributed by atoms with Crippen LogP contribution in [0, 0.1) is 24.6 Å². The first-order valence-electron chi connectivity index (χ1n) is 9.91. The minimum atomic E-state index is -0.789. The van der Waals surface area contributed by atoms with Crippen LogP contribution in [-0.2, 0) is 14.3 Å². The van der Waals surface area contributed by atoms with E-state index in [0.717, 1.165) is 19.3 Å². The van der Waals surface area contributed by atoms with Crippen LogP contribution in [0.25, 0.3) is 0 Å². The molecule has 2 aliphatic heterocycles. The third kappa shape index (κ3) is 2.79. The minimum absolute atomic E-state index is 0.0701. The predicted molar refractivity (Wildman–Crippen MR) is 101 cm³/mol. The molecule has 4 unspecified atom stereocenters. The highest BCUT2D eigenvalue weighted by molar-refractivity contribution is 6.17. The van der Waals surface area contributed by atoms with Crippen molar-refractivity contribution in [2.24, 2.45) is 11.8 Å². The molecule has 6 nitrogen and oxygen atoms in total. The van der Waals surface area contributed by atoms with E-state index < -0.39 is 17.8 Å². The van der Waals surface area contributed by atoms with Crippen molar-refractivity contribution < 1.29 is 23.2 Å². The Bertz CT molecular complexity index is 1040. The summed E-state index contributed by atoms with van der Waals surface area (Å²) in [6.45, 7) is 3.85. The maximum absolute atomic E-state index is 14.0. The van der Waals surface area contributed by atoms with Crippen LogP contribution in [0.2, 0.25) is 0 Å². The standard InChI is InChI=1S/C22H21FN2O4/c1-11-6-7-16-15(8-11)20(26)18-19(13-4-3-5-14(23)10-13)25(22(27)21(18)28-16)17-9-12(2)29-24-17/h3-5,9-11,15-16,19H,6-8H2,1-2H3. The average Bonchev–Trinajstić information content (AvgIpc) is 3.24. The lowest BCUT2D eigenvalue weighted by atomic mass is 9.74. The van der Waals surface area contributed by atoms with Gasteiger partial charge in [-0.15, -0.1) is 0 Å². The molecule has 1 aromatic carbocycles. The minimum Gasteiger partial charge on any atom is -0.483 e. The van der Waals surface area contributed by atoms with E-state index in [2.05, 4.69) is 12.1 Å². The molecule has 0 saturated heterocycles. The van der Waals surface area contributed by atoms with Gasteiger partial charge in [0.15, 0.2) is 17.4 Å². The fourth-order valence-electron chi connectivity index (χ4n) is 4.77. The van der Waals surface area contributed by atoms with Gasteiger partial charge >= 0.3 is 0 Å². The van der Waals surface area contributed by atoms with Crippen molar-refractivity contribution in [2.75, 3.05) is 4.90 Å². The highest BCUT2D eigenvalue weighted by atomic mass is 19.1. The van der Waals surface area contributed by atoms with Crippen molar-refractivity contribution in [3.8, 4) is 0 Å². The van der Waals surface area contributed by atoms with E-state index in [-0.39, 0.29) is 29.4 Å². The van der Waals surface area contributed by atoms with Gasteiger partial charge in [0.25, 0.3) is 5.91 Å². The molecule has 4 atom stereocenters. The van der Waals surface area contributed by atoms with Crippen LogP contribution < -0.4 is 4.90 Å². The van der Waals surface area contributed by atoms with Gasteiger partial charge in [-0.25, -0.2) is 4.39 Å².